The molecule has 1 heterocycles. The van der Waals surface area contributed by atoms with Crippen LogP contribution < -0.4 is 4.74 Å². The van der Waals surface area contributed by atoms with E-state index in [0.717, 1.165) is 27.5 Å². The zero-order chi connectivity index (χ0) is 13.5. The van der Waals surface area contributed by atoms with Gasteiger partial charge in [0.1, 0.15) is 23.3 Å². The van der Waals surface area contributed by atoms with Crippen molar-refractivity contribution < 1.29 is 4.74 Å². The number of ether oxygens (including phenoxy) is 1. The lowest BCUT2D eigenvalue weighted by Crippen LogP contribution is -1.92. The third-order valence-corrected chi connectivity index (χ3v) is 3.64. The molecule has 0 atom stereocenters. The molecule has 2 aromatic rings. The predicted molar refractivity (Wildman–Crippen MR) is 79.4 cm³/mol. The molecule has 0 spiro atoms. The van der Waals surface area contributed by atoms with Crippen molar-refractivity contribution in [2.24, 2.45) is 0 Å². The van der Waals surface area contributed by atoms with Crippen LogP contribution in [0.4, 0.5) is 0 Å². The van der Waals surface area contributed by atoms with Crippen molar-refractivity contribution in [1.29, 1.82) is 5.26 Å². The summed E-state index contributed by atoms with van der Waals surface area (Å²) in [5, 5.41) is 8.82. The zero-order valence-corrected chi connectivity index (χ0v) is 11.6. The van der Waals surface area contributed by atoms with Crippen LogP contribution in [0.2, 0.25) is 0 Å². The summed E-state index contributed by atoms with van der Waals surface area (Å²) in [5.74, 6) is 0.863. The molecule has 0 saturated carbocycles. The van der Waals surface area contributed by atoms with Gasteiger partial charge in [-0.2, -0.15) is 5.26 Å². The molecule has 96 valence electrons. The van der Waals surface area contributed by atoms with Crippen LogP contribution in [-0.4, -0.2) is 6.61 Å². The minimum Gasteiger partial charge on any atom is -0.490 e. The molecule has 0 N–H and O–H groups in total. The van der Waals surface area contributed by atoms with Crippen LogP contribution in [0.5, 0.6) is 5.75 Å². The first kappa shape index (κ1) is 13.4. The highest BCUT2D eigenvalue weighted by molar-refractivity contribution is 7.16. The Kier molecular flexibility index (Phi) is 4.77. The van der Waals surface area contributed by atoms with Crippen LogP contribution in [0.25, 0.3) is 10.4 Å². The highest BCUT2D eigenvalue weighted by atomic mass is 32.1. The Morgan fingerprint density at radius 1 is 1.16 bits per heavy atom. The first-order valence-corrected chi connectivity index (χ1v) is 7.03. The lowest BCUT2D eigenvalue weighted by Gasteiger charge is -2.04. The second-order valence-electron chi connectivity index (χ2n) is 3.99. The Morgan fingerprint density at radius 2 is 1.95 bits per heavy atom. The smallest absolute Gasteiger partial charge is 0.119 e. The van der Waals surface area contributed by atoms with Crippen molar-refractivity contribution in [3.05, 3.63) is 53.4 Å². The van der Waals surface area contributed by atoms with E-state index in [4.69, 9.17) is 10.00 Å². The fraction of sp³-hybridized carbons (Fsp3) is 0.188. The molecule has 0 radical (unpaired) electrons. The summed E-state index contributed by atoms with van der Waals surface area (Å²) in [6, 6.07) is 13.9. The van der Waals surface area contributed by atoms with Crippen molar-refractivity contribution in [3.63, 3.8) is 0 Å². The molecule has 0 unspecified atom stereocenters. The van der Waals surface area contributed by atoms with Crippen molar-refractivity contribution in [2.45, 2.75) is 13.3 Å². The van der Waals surface area contributed by atoms with E-state index in [9.17, 15) is 0 Å². The number of allylic oxidation sites excluding steroid dienone is 1. The van der Waals surface area contributed by atoms with E-state index >= 15 is 0 Å². The molecule has 0 fully saturated rings. The van der Waals surface area contributed by atoms with Crippen molar-refractivity contribution in [3.8, 4) is 22.3 Å². The van der Waals surface area contributed by atoms with Crippen LogP contribution in [0, 0.1) is 11.3 Å². The molecule has 0 bridgehead atoms. The second-order valence-corrected chi connectivity index (χ2v) is 5.07. The molecule has 19 heavy (non-hydrogen) atoms. The van der Waals surface area contributed by atoms with Gasteiger partial charge in [-0.1, -0.05) is 19.1 Å². The number of benzene rings is 1. The fourth-order valence-electron chi connectivity index (χ4n) is 1.65. The lowest BCUT2D eigenvalue weighted by molar-refractivity contribution is 0.362. The maximum Gasteiger partial charge on any atom is 0.119 e. The van der Waals surface area contributed by atoms with Crippen molar-refractivity contribution in [2.75, 3.05) is 6.61 Å². The minimum absolute atomic E-state index is 0.602. The summed E-state index contributed by atoms with van der Waals surface area (Å²) in [6.07, 6.45) is 5.14. The van der Waals surface area contributed by atoms with Gasteiger partial charge in [0.15, 0.2) is 0 Å². The average molecular weight is 269 g/mol. The van der Waals surface area contributed by atoms with Crippen LogP contribution in [0.15, 0.2) is 48.6 Å². The van der Waals surface area contributed by atoms with Gasteiger partial charge < -0.3 is 4.74 Å². The normalized spacial score (nSPS) is 10.5. The molecule has 2 rings (SSSR count). The number of hydrogen-bond acceptors (Lipinski definition) is 3. The van der Waals surface area contributed by atoms with Gasteiger partial charge in [0.2, 0.25) is 0 Å². The predicted octanol–water partition coefficient (Wildman–Crippen LogP) is 4.63. The molecule has 0 amide bonds. The summed E-state index contributed by atoms with van der Waals surface area (Å²) in [7, 11) is 0. The molecule has 2 nitrogen and oxygen atoms in total. The Labute approximate surface area is 117 Å². The van der Waals surface area contributed by atoms with Gasteiger partial charge in [0.25, 0.3) is 0 Å². The molecule has 0 aliphatic rings. The number of nitriles is 1. The Hall–Kier alpha value is -2.05. The standard InChI is InChI=1S/C16H15NOS/c1-2-3-4-11-18-14-7-5-13(6-8-14)16-10-9-15(12-17)19-16/h3-10H,2,11H2,1H3/b4-3+. The van der Waals surface area contributed by atoms with Gasteiger partial charge in [-0.25, -0.2) is 0 Å². The molecule has 1 aromatic carbocycles. The monoisotopic (exact) mass is 269 g/mol. The van der Waals surface area contributed by atoms with Gasteiger partial charge >= 0.3 is 0 Å². The van der Waals surface area contributed by atoms with Crippen molar-refractivity contribution in [1.82, 2.24) is 0 Å². The van der Waals surface area contributed by atoms with E-state index in [-0.39, 0.29) is 0 Å². The molecule has 0 saturated heterocycles. The first-order chi connectivity index (χ1) is 9.33. The Balaban J connectivity index is 2.02. The van der Waals surface area contributed by atoms with E-state index < -0.39 is 0 Å². The van der Waals surface area contributed by atoms with Gasteiger partial charge in [0, 0.05) is 4.88 Å². The number of thiophene rings is 1. The fourth-order valence-corrected chi connectivity index (χ4v) is 2.46. The number of hydrogen-bond donors (Lipinski definition) is 0. The van der Waals surface area contributed by atoms with Crippen molar-refractivity contribution >= 4 is 11.3 Å². The summed E-state index contributed by atoms with van der Waals surface area (Å²) in [6.45, 7) is 2.70. The van der Waals surface area contributed by atoms with Crippen LogP contribution in [0.3, 0.4) is 0 Å². The molecular weight excluding hydrogens is 254 g/mol. The van der Waals surface area contributed by atoms with Gasteiger partial charge in [-0.3, -0.25) is 0 Å². The van der Waals surface area contributed by atoms with E-state index in [1.807, 2.05) is 42.5 Å². The van der Waals surface area contributed by atoms with E-state index in [1.165, 1.54) is 11.3 Å². The summed E-state index contributed by atoms with van der Waals surface area (Å²) >= 11 is 1.50. The SMILES string of the molecule is CC/C=C/COc1ccc(-c2ccc(C#N)s2)cc1. The largest absolute Gasteiger partial charge is 0.490 e. The molecule has 3 heteroatoms. The maximum absolute atomic E-state index is 8.82. The van der Waals surface area contributed by atoms with Crippen LogP contribution in [0.1, 0.15) is 18.2 Å². The third-order valence-electron chi connectivity index (χ3n) is 2.60. The molecular formula is C16H15NOS. The summed E-state index contributed by atoms with van der Waals surface area (Å²) in [4.78, 5) is 1.84. The number of nitrogens with zero attached hydrogens (tertiary/aromatic N) is 1. The first-order valence-electron chi connectivity index (χ1n) is 6.21. The van der Waals surface area contributed by atoms with Gasteiger partial charge in [-0.05, 0) is 48.4 Å². The second kappa shape index (κ2) is 6.77. The third kappa shape index (κ3) is 3.70. The van der Waals surface area contributed by atoms with E-state index in [2.05, 4.69) is 19.1 Å². The molecule has 0 aliphatic heterocycles. The van der Waals surface area contributed by atoms with Gasteiger partial charge in [0.05, 0.1) is 0 Å². The van der Waals surface area contributed by atoms with E-state index in [1.54, 1.807) is 0 Å². The topological polar surface area (TPSA) is 33.0 Å². The number of rotatable bonds is 5. The maximum atomic E-state index is 8.82. The summed E-state index contributed by atoms with van der Waals surface area (Å²) < 4.78 is 5.59. The van der Waals surface area contributed by atoms with Crippen LogP contribution >= 0.6 is 11.3 Å². The summed E-state index contributed by atoms with van der Waals surface area (Å²) in [5.41, 5.74) is 1.11. The van der Waals surface area contributed by atoms with Crippen LogP contribution in [-0.2, 0) is 0 Å². The van der Waals surface area contributed by atoms with E-state index in [0.29, 0.717) is 6.61 Å². The molecule has 1 aromatic heterocycles. The quantitative estimate of drug-likeness (QED) is 0.741. The molecule has 0 aliphatic carbocycles. The zero-order valence-electron chi connectivity index (χ0n) is 10.8. The van der Waals surface area contributed by atoms with Gasteiger partial charge in [-0.15, -0.1) is 11.3 Å². The average Bonchev–Trinajstić information content (AvgIpc) is 2.93. The minimum atomic E-state index is 0.602. The highest BCUT2D eigenvalue weighted by Crippen LogP contribution is 2.28. The highest BCUT2D eigenvalue weighted by Gasteiger charge is 2.02. The lowest BCUT2D eigenvalue weighted by atomic mass is 10.2. The Bertz CT molecular complexity index is 590. The Morgan fingerprint density at radius 3 is 2.58 bits per heavy atom.